The molecule has 1 saturated heterocycles. The van der Waals surface area contributed by atoms with Gasteiger partial charge in [0.2, 0.25) is 5.91 Å². The van der Waals surface area contributed by atoms with Crippen molar-refractivity contribution >= 4 is 5.91 Å². The molecule has 2 N–H and O–H groups in total. The summed E-state index contributed by atoms with van der Waals surface area (Å²) < 4.78 is 0. The average molecular weight is 269 g/mol. The van der Waals surface area contributed by atoms with Crippen molar-refractivity contribution in [3.8, 4) is 0 Å². The van der Waals surface area contributed by atoms with E-state index >= 15 is 0 Å². The van der Waals surface area contributed by atoms with Gasteiger partial charge in [0.1, 0.15) is 0 Å². The summed E-state index contributed by atoms with van der Waals surface area (Å²) in [7, 11) is 0. The molecule has 0 aromatic carbocycles. The Morgan fingerprint density at radius 2 is 1.63 bits per heavy atom. The van der Waals surface area contributed by atoms with E-state index in [1.54, 1.807) is 0 Å². The molecule has 1 amide bonds. The summed E-state index contributed by atoms with van der Waals surface area (Å²) in [5.41, 5.74) is 5.70. The van der Waals surface area contributed by atoms with Gasteiger partial charge in [-0.25, -0.2) is 0 Å². The Labute approximate surface area is 118 Å². The maximum atomic E-state index is 12.5. The molecule has 1 fully saturated rings. The minimum atomic E-state index is 0.244. The Balaban J connectivity index is 2.46. The Bertz CT molecular complexity index is 256. The van der Waals surface area contributed by atoms with Crippen molar-refractivity contribution in [2.45, 2.75) is 52.5 Å². The number of rotatable bonds is 7. The summed E-state index contributed by atoms with van der Waals surface area (Å²) >= 11 is 0. The molecule has 1 unspecified atom stereocenters. The largest absolute Gasteiger partial charge is 0.340 e. The Morgan fingerprint density at radius 3 is 2.05 bits per heavy atom. The first-order chi connectivity index (χ1) is 9.13. The highest BCUT2D eigenvalue weighted by Gasteiger charge is 2.27. The SMILES string of the molecule is CCCC(CCC)C(=O)N1CCN(C(C)CN)CC1. The van der Waals surface area contributed by atoms with Gasteiger partial charge >= 0.3 is 0 Å². The number of hydrogen-bond donors (Lipinski definition) is 1. The first kappa shape index (κ1) is 16.4. The van der Waals surface area contributed by atoms with Crippen LogP contribution in [0.1, 0.15) is 46.5 Å². The number of nitrogens with two attached hydrogens (primary N) is 1. The topological polar surface area (TPSA) is 49.6 Å². The predicted octanol–water partition coefficient (Wildman–Crippen LogP) is 1.69. The summed E-state index contributed by atoms with van der Waals surface area (Å²) in [6.07, 6.45) is 4.26. The van der Waals surface area contributed by atoms with Gasteiger partial charge in [-0.2, -0.15) is 0 Å². The van der Waals surface area contributed by atoms with E-state index in [4.69, 9.17) is 5.73 Å². The molecule has 0 aromatic rings. The fourth-order valence-corrected chi connectivity index (χ4v) is 2.88. The lowest BCUT2D eigenvalue weighted by atomic mass is 9.96. The van der Waals surface area contributed by atoms with Gasteiger partial charge in [-0.05, 0) is 19.8 Å². The molecule has 1 aliphatic rings. The van der Waals surface area contributed by atoms with Crippen LogP contribution in [0.5, 0.6) is 0 Å². The summed E-state index contributed by atoms with van der Waals surface area (Å²) in [5.74, 6) is 0.622. The second-order valence-corrected chi connectivity index (χ2v) is 5.72. The monoisotopic (exact) mass is 269 g/mol. The molecule has 4 nitrogen and oxygen atoms in total. The number of carbonyl (C=O) groups is 1. The van der Waals surface area contributed by atoms with Crippen LogP contribution in [0.2, 0.25) is 0 Å². The highest BCUT2D eigenvalue weighted by atomic mass is 16.2. The van der Waals surface area contributed by atoms with Crippen molar-refractivity contribution in [3.63, 3.8) is 0 Å². The van der Waals surface area contributed by atoms with Crippen molar-refractivity contribution in [3.05, 3.63) is 0 Å². The van der Waals surface area contributed by atoms with E-state index in [0.29, 0.717) is 18.5 Å². The maximum absolute atomic E-state index is 12.5. The van der Waals surface area contributed by atoms with Crippen LogP contribution >= 0.6 is 0 Å². The van der Waals surface area contributed by atoms with Crippen LogP contribution in [-0.2, 0) is 4.79 Å². The van der Waals surface area contributed by atoms with E-state index in [-0.39, 0.29) is 5.92 Å². The van der Waals surface area contributed by atoms with Crippen LogP contribution in [-0.4, -0.2) is 54.5 Å². The predicted molar refractivity (Wildman–Crippen MR) is 80.0 cm³/mol. The molecule has 0 bridgehead atoms. The quantitative estimate of drug-likeness (QED) is 0.765. The lowest BCUT2D eigenvalue weighted by Crippen LogP contribution is -2.53. The Hall–Kier alpha value is -0.610. The van der Waals surface area contributed by atoms with Crippen LogP contribution in [0, 0.1) is 5.92 Å². The molecule has 0 aliphatic carbocycles. The van der Waals surface area contributed by atoms with E-state index in [1.165, 1.54) is 0 Å². The van der Waals surface area contributed by atoms with Crippen molar-refractivity contribution < 1.29 is 4.79 Å². The van der Waals surface area contributed by atoms with Gasteiger partial charge in [0.25, 0.3) is 0 Å². The zero-order valence-corrected chi connectivity index (χ0v) is 12.9. The Morgan fingerprint density at radius 1 is 1.11 bits per heavy atom. The molecule has 19 heavy (non-hydrogen) atoms. The number of amides is 1. The fraction of sp³-hybridized carbons (Fsp3) is 0.933. The van der Waals surface area contributed by atoms with E-state index in [0.717, 1.165) is 51.9 Å². The van der Waals surface area contributed by atoms with Gasteiger partial charge in [0, 0.05) is 44.7 Å². The fourth-order valence-electron chi connectivity index (χ4n) is 2.88. The van der Waals surface area contributed by atoms with E-state index < -0.39 is 0 Å². The van der Waals surface area contributed by atoms with Gasteiger partial charge < -0.3 is 10.6 Å². The molecular weight excluding hydrogens is 238 g/mol. The van der Waals surface area contributed by atoms with Gasteiger partial charge in [0.05, 0.1) is 0 Å². The third-order valence-corrected chi connectivity index (χ3v) is 4.21. The lowest BCUT2D eigenvalue weighted by molar-refractivity contribution is -0.138. The molecule has 1 atom stereocenters. The van der Waals surface area contributed by atoms with Gasteiger partial charge in [-0.1, -0.05) is 26.7 Å². The van der Waals surface area contributed by atoms with Crippen molar-refractivity contribution in [2.24, 2.45) is 11.7 Å². The minimum Gasteiger partial charge on any atom is -0.340 e. The average Bonchev–Trinajstić information content (AvgIpc) is 2.45. The van der Waals surface area contributed by atoms with Gasteiger partial charge in [-0.3, -0.25) is 9.69 Å². The molecule has 1 rings (SSSR count). The van der Waals surface area contributed by atoms with E-state index in [9.17, 15) is 4.79 Å². The third-order valence-electron chi connectivity index (χ3n) is 4.21. The minimum absolute atomic E-state index is 0.244. The molecule has 0 spiro atoms. The first-order valence-electron chi connectivity index (χ1n) is 7.86. The van der Waals surface area contributed by atoms with Crippen molar-refractivity contribution in [2.75, 3.05) is 32.7 Å². The molecule has 0 saturated carbocycles. The van der Waals surface area contributed by atoms with Gasteiger partial charge in [-0.15, -0.1) is 0 Å². The lowest BCUT2D eigenvalue weighted by Gasteiger charge is -2.39. The molecule has 112 valence electrons. The van der Waals surface area contributed by atoms with Crippen LogP contribution in [0.3, 0.4) is 0 Å². The molecular formula is C15H31N3O. The van der Waals surface area contributed by atoms with Crippen molar-refractivity contribution in [1.82, 2.24) is 9.80 Å². The first-order valence-corrected chi connectivity index (χ1v) is 7.86. The number of carbonyl (C=O) groups excluding carboxylic acids is 1. The van der Waals surface area contributed by atoms with Gasteiger partial charge in [0.15, 0.2) is 0 Å². The third kappa shape index (κ3) is 4.77. The summed E-state index contributed by atoms with van der Waals surface area (Å²) in [6, 6.07) is 0.430. The molecule has 1 heterocycles. The highest BCUT2D eigenvalue weighted by Crippen LogP contribution is 2.18. The van der Waals surface area contributed by atoms with Crippen LogP contribution < -0.4 is 5.73 Å². The number of piperazine rings is 1. The Kier molecular flexibility index (Phi) is 7.39. The number of nitrogens with zero attached hydrogens (tertiary/aromatic N) is 2. The number of hydrogen-bond acceptors (Lipinski definition) is 3. The molecule has 1 aliphatic heterocycles. The van der Waals surface area contributed by atoms with Crippen LogP contribution in [0.25, 0.3) is 0 Å². The smallest absolute Gasteiger partial charge is 0.225 e. The molecule has 4 heteroatoms. The molecule has 0 radical (unpaired) electrons. The van der Waals surface area contributed by atoms with Crippen LogP contribution in [0.4, 0.5) is 0 Å². The summed E-state index contributed by atoms with van der Waals surface area (Å²) in [5, 5.41) is 0. The van der Waals surface area contributed by atoms with E-state index in [2.05, 4.69) is 30.6 Å². The zero-order chi connectivity index (χ0) is 14.3. The second kappa shape index (κ2) is 8.54. The molecule has 0 aromatic heterocycles. The van der Waals surface area contributed by atoms with Crippen LogP contribution in [0.15, 0.2) is 0 Å². The summed E-state index contributed by atoms with van der Waals surface area (Å²) in [6.45, 7) is 10.9. The standard InChI is InChI=1S/C15H31N3O/c1-4-6-14(7-5-2)15(19)18-10-8-17(9-11-18)13(3)12-16/h13-14H,4-12,16H2,1-3H3. The second-order valence-electron chi connectivity index (χ2n) is 5.72. The highest BCUT2D eigenvalue weighted by molar-refractivity contribution is 5.78. The zero-order valence-electron chi connectivity index (χ0n) is 12.9. The van der Waals surface area contributed by atoms with Crippen molar-refractivity contribution in [1.29, 1.82) is 0 Å². The maximum Gasteiger partial charge on any atom is 0.225 e. The normalized spacial score (nSPS) is 18.9. The van der Waals surface area contributed by atoms with E-state index in [1.807, 2.05) is 0 Å². The summed E-state index contributed by atoms with van der Waals surface area (Å²) in [4.78, 5) is 17.0.